The molecule has 44 heavy (non-hydrogen) atoms. The molecular formula is C35H46N2O7. The molecule has 0 radical (unpaired) electrons. The average molecular weight is 607 g/mol. The van der Waals surface area contributed by atoms with Crippen LogP contribution in [0.4, 0.5) is 4.79 Å². The number of fused-ring (bicyclic) bond motifs is 3. The number of hydrogen-bond donors (Lipinski definition) is 1. The van der Waals surface area contributed by atoms with Gasteiger partial charge in [0.25, 0.3) is 0 Å². The molecule has 9 nitrogen and oxygen atoms in total. The fourth-order valence-electron chi connectivity index (χ4n) is 7.02. The summed E-state index contributed by atoms with van der Waals surface area (Å²) in [4.78, 5) is 28.1. The van der Waals surface area contributed by atoms with Crippen LogP contribution in [0, 0.1) is 17.8 Å². The van der Waals surface area contributed by atoms with Crippen molar-refractivity contribution in [3.8, 4) is 5.75 Å². The monoisotopic (exact) mass is 606 g/mol. The van der Waals surface area contributed by atoms with Gasteiger partial charge >= 0.3 is 12.1 Å². The number of ether oxygens (including phenoxy) is 5. The van der Waals surface area contributed by atoms with Crippen molar-refractivity contribution in [2.24, 2.45) is 17.8 Å². The zero-order valence-corrected chi connectivity index (χ0v) is 25.6. The number of amides is 1. The maximum atomic E-state index is 13.1. The van der Waals surface area contributed by atoms with Gasteiger partial charge in [-0.2, -0.15) is 0 Å². The number of esters is 1. The molecule has 2 aromatic rings. The predicted molar refractivity (Wildman–Crippen MR) is 164 cm³/mol. The molecular weight excluding hydrogens is 560 g/mol. The van der Waals surface area contributed by atoms with Gasteiger partial charge in [0.05, 0.1) is 38.4 Å². The lowest BCUT2D eigenvalue weighted by Crippen LogP contribution is -2.52. The van der Waals surface area contributed by atoms with E-state index >= 15 is 0 Å². The molecule has 7 rings (SSSR count). The van der Waals surface area contributed by atoms with Crippen molar-refractivity contribution >= 4 is 12.1 Å². The molecule has 5 fully saturated rings. The van der Waals surface area contributed by atoms with E-state index in [0.29, 0.717) is 38.3 Å². The van der Waals surface area contributed by atoms with Gasteiger partial charge in [-0.25, -0.2) is 4.79 Å². The Morgan fingerprint density at radius 1 is 0.909 bits per heavy atom. The first-order valence-corrected chi connectivity index (χ1v) is 16.5. The SMILES string of the molecule is O=C(NC(c1ccccc1)c1cccc(OCC2CCC(C(=O)OCCCC3OCCO3)CC2)c1)O[C@H]1CN2CCC1CC2. The number of hydrogen-bond acceptors (Lipinski definition) is 8. The first-order chi connectivity index (χ1) is 21.6. The quantitative estimate of drug-likeness (QED) is 0.251. The topological polar surface area (TPSA) is 95.6 Å². The molecule has 1 saturated carbocycles. The number of benzene rings is 2. The van der Waals surface area contributed by atoms with Crippen LogP contribution in [0.15, 0.2) is 54.6 Å². The van der Waals surface area contributed by atoms with E-state index in [1.807, 2.05) is 54.6 Å². The minimum Gasteiger partial charge on any atom is -0.493 e. The predicted octanol–water partition coefficient (Wildman–Crippen LogP) is 5.48. The van der Waals surface area contributed by atoms with Crippen LogP contribution in [-0.2, 0) is 23.7 Å². The van der Waals surface area contributed by atoms with E-state index in [1.54, 1.807) is 0 Å². The number of alkyl carbamates (subject to hydrolysis) is 1. The molecule has 2 atom stereocenters. The highest BCUT2D eigenvalue weighted by Gasteiger charge is 2.37. The zero-order valence-electron chi connectivity index (χ0n) is 25.6. The van der Waals surface area contributed by atoms with Gasteiger partial charge in [0.15, 0.2) is 6.29 Å². The second kappa shape index (κ2) is 15.2. The van der Waals surface area contributed by atoms with Gasteiger partial charge in [0, 0.05) is 13.0 Å². The number of carbonyl (C=O) groups excluding carboxylic acids is 2. The molecule has 1 N–H and O–H groups in total. The van der Waals surface area contributed by atoms with Crippen molar-refractivity contribution in [3.05, 3.63) is 65.7 Å². The molecule has 2 aromatic carbocycles. The molecule has 0 aromatic heterocycles. The molecule has 4 heterocycles. The van der Waals surface area contributed by atoms with E-state index in [1.165, 1.54) is 0 Å². The summed E-state index contributed by atoms with van der Waals surface area (Å²) in [5, 5.41) is 3.15. The Balaban J connectivity index is 0.979. The standard InChI is InChI=1S/C35H46N2O7/c38-34(42-19-5-10-32-40-20-21-41-32)28-13-11-25(12-14-28)24-43-30-9-4-8-29(22-30)33(27-6-2-1-3-7-27)36-35(39)44-31-23-37-17-15-26(31)16-18-37/h1-4,6-9,22,25-26,28,31-33H,5,10-21,23-24H2,(H,36,39)/t25?,28?,31-,33?/m0/s1. The van der Waals surface area contributed by atoms with Gasteiger partial charge in [-0.1, -0.05) is 42.5 Å². The molecule has 5 aliphatic rings. The Morgan fingerprint density at radius 2 is 1.66 bits per heavy atom. The second-order valence-corrected chi connectivity index (χ2v) is 12.7. The van der Waals surface area contributed by atoms with Gasteiger partial charge in [-0.3, -0.25) is 9.69 Å². The van der Waals surface area contributed by atoms with E-state index in [9.17, 15) is 9.59 Å². The molecule has 4 aliphatic heterocycles. The van der Waals surface area contributed by atoms with E-state index in [4.69, 9.17) is 23.7 Å². The van der Waals surface area contributed by atoms with Crippen molar-refractivity contribution in [3.63, 3.8) is 0 Å². The number of rotatable bonds is 12. The Labute approximate surface area is 260 Å². The summed E-state index contributed by atoms with van der Waals surface area (Å²) >= 11 is 0. The summed E-state index contributed by atoms with van der Waals surface area (Å²) in [5.74, 6) is 1.49. The minimum atomic E-state index is -0.379. The van der Waals surface area contributed by atoms with Crippen molar-refractivity contribution in [1.29, 1.82) is 0 Å². The summed E-state index contributed by atoms with van der Waals surface area (Å²) < 4.78 is 28.6. The Hall–Kier alpha value is -3.14. The lowest BCUT2D eigenvalue weighted by atomic mass is 9.82. The largest absolute Gasteiger partial charge is 0.493 e. The van der Waals surface area contributed by atoms with Gasteiger partial charge in [-0.05, 0) is 93.1 Å². The van der Waals surface area contributed by atoms with Gasteiger partial charge in [0.2, 0.25) is 0 Å². The second-order valence-electron chi connectivity index (χ2n) is 12.7. The first kappa shape index (κ1) is 30.9. The van der Waals surface area contributed by atoms with E-state index in [-0.39, 0.29) is 36.4 Å². The summed E-state index contributed by atoms with van der Waals surface area (Å²) in [6.07, 6.45) is 6.63. The smallest absolute Gasteiger partial charge is 0.408 e. The molecule has 2 bridgehead atoms. The lowest BCUT2D eigenvalue weighted by molar-refractivity contribution is -0.150. The van der Waals surface area contributed by atoms with Crippen LogP contribution in [0.1, 0.15) is 68.5 Å². The maximum absolute atomic E-state index is 13.1. The summed E-state index contributed by atoms with van der Waals surface area (Å²) in [7, 11) is 0. The van der Waals surface area contributed by atoms with Crippen molar-refractivity contribution < 1.29 is 33.3 Å². The fraction of sp³-hybridized carbons (Fsp3) is 0.600. The normalized spacial score (nSPS) is 27.4. The van der Waals surface area contributed by atoms with Crippen LogP contribution in [0.5, 0.6) is 5.75 Å². The fourth-order valence-corrected chi connectivity index (χ4v) is 7.02. The highest BCUT2D eigenvalue weighted by Crippen LogP contribution is 2.32. The van der Waals surface area contributed by atoms with Crippen LogP contribution in [0.25, 0.3) is 0 Å². The number of nitrogens with zero attached hydrogens (tertiary/aromatic N) is 1. The van der Waals surface area contributed by atoms with Crippen molar-refractivity contribution in [2.45, 2.75) is 69.8 Å². The Bertz CT molecular complexity index is 1200. The van der Waals surface area contributed by atoms with Crippen LogP contribution in [-0.4, -0.2) is 75.4 Å². The van der Waals surface area contributed by atoms with Gasteiger partial charge in [0.1, 0.15) is 11.9 Å². The van der Waals surface area contributed by atoms with Crippen LogP contribution in [0.2, 0.25) is 0 Å². The third-order valence-electron chi connectivity index (χ3n) is 9.63. The first-order valence-electron chi connectivity index (χ1n) is 16.5. The number of piperidine rings is 3. The van der Waals surface area contributed by atoms with Crippen molar-refractivity contribution in [1.82, 2.24) is 10.2 Å². The van der Waals surface area contributed by atoms with Crippen LogP contribution in [0.3, 0.4) is 0 Å². The summed E-state index contributed by atoms with van der Waals surface area (Å²) in [6, 6.07) is 17.6. The molecule has 1 amide bonds. The molecule has 0 spiro atoms. The zero-order chi connectivity index (χ0) is 30.1. The van der Waals surface area contributed by atoms with Gasteiger partial charge < -0.3 is 29.0 Å². The highest BCUT2D eigenvalue weighted by molar-refractivity contribution is 5.72. The maximum Gasteiger partial charge on any atom is 0.408 e. The number of nitrogens with one attached hydrogen (secondary N) is 1. The molecule has 9 heteroatoms. The summed E-state index contributed by atoms with van der Waals surface area (Å²) in [5.41, 5.74) is 1.93. The Morgan fingerprint density at radius 3 is 2.39 bits per heavy atom. The van der Waals surface area contributed by atoms with E-state index in [2.05, 4.69) is 10.2 Å². The van der Waals surface area contributed by atoms with Crippen LogP contribution >= 0.6 is 0 Å². The van der Waals surface area contributed by atoms with Gasteiger partial charge in [-0.15, -0.1) is 0 Å². The molecule has 1 unspecified atom stereocenters. The molecule has 1 aliphatic carbocycles. The molecule has 4 saturated heterocycles. The minimum absolute atomic E-state index is 0.0352. The Kier molecular flexibility index (Phi) is 10.7. The number of carbonyl (C=O) groups is 2. The third-order valence-corrected chi connectivity index (χ3v) is 9.63. The average Bonchev–Trinajstić information content (AvgIpc) is 3.60. The van der Waals surface area contributed by atoms with E-state index < -0.39 is 0 Å². The summed E-state index contributed by atoms with van der Waals surface area (Å²) in [6.45, 7) is 5.33. The van der Waals surface area contributed by atoms with Crippen LogP contribution < -0.4 is 10.1 Å². The third kappa shape index (κ3) is 8.31. The van der Waals surface area contributed by atoms with Crippen molar-refractivity contribution in [2.75, 3.05) is 46.1 Å². The van der Waals surface area contributed by atoms with E-state index in [0.717, 1.165) is 87.9 Å². The highest BCUT2D eigenvalue weighted by atomic mass is 16.7. The lowest BCUT2D eigenvalue weighted by Gasteiger charge is -2.43. The molecule has 238 valence electrons.